The first-order chi connectivity index (χ1) is 9.52. The number of carbonyl (C=O) groups is 2. The van der Waals surface area contributed by atoms with Crippen LogP contribution in [-0.4, -0.2) is 31.1 Å². The van der Waals surface area contributed by atoms with Crippen LogP contribution in [0.15, 0.2) is 28.7 Å². The van der Waals surface area contributed by atoms with Gasteiger partial charge in [0.1, 0.15) is 5.75 Å². The number of carbonyl (C=O) groups excluding carboxylic acids is 2. The van der Waals surface area contributed by atoms with E-state index in [1.165, 1.54) is 6.92 Å². The largest absolute Gasteiger partial charge is 0.493 e. The van der Waals surface area contributed by atoms with Crippen molar-refractivity contribution in [3.8, 4) is 5.75 Å². The van der Waals surface area contributed by atoms with Crippen molar-refractivity contribution in [2.75, 3.05) is 13.2 Å². The van der Waals surface area contributed by atoms with E-state index in [2.05, 4.69) is 21.2 Å². The van der Waals surface area contributed by atoms with E-state index in [9.17, 15) is 9.59 Å². The van der Waals surface area contributed by atoms with Gasteiger partial charge in [-0.05, 0) is 32.0 Å². The maximum atomic E-state index is 11.5. The summed E-state index contributed by atoms with van der Waals surface area (Å²) >= 11 is 3.33. The molecule has 1 atom stereocenters. The van der Waals surface area contributed by atoms with Crippen LogP contribution >= 0.6 is 15.9 Å². The van der Waals surface area contributed by atoms with Crippen LogP contribution in [0.2, 0.25) is 0 Å². The van der Waals surface area contributed by atoms with Crippen LogP contribution in [0.5, 0.6) is 5.75 Å². The molecule has 110 valence electrons. The van der Waals surface area contributed by atoms with Gasteiger partial charge < -0.3 is 14.8 Å². The van der Waals surface area contributed by atoms with Crippen molar-refractivity contribution >= 4 is 27.8 Å². The van der Waals surface area contributed by atoms with Gasteiger partial charge in [-0.3, -0.25) is 9.59 Å². The van der Waals surface area contributed by atoms with Crippen LogP contribution in [0, 0.1) is 0 Å². The quantitative estimate of drug-likeness (QED) is 0.771. The average Bonchev–Trinajstić information content (AvgIpc) is 2.39. The van der Waals surface area contributed by atoms with Crippen molar-refractivity contribution in [2.45, 2.75) is 26.4 Å². The fourth-order valence-corrected chi connectivity index (χ4v) is 1.81. The fraction of sp³-hybridized carbons (Fsp3) is 0.429. The summed E-state index contributed by atoms with van der Waals surface area (Å²) in [5.41, 5.74) is 0. The van der Waals surface area contributed by atoms with Gasteiger partial charge in [-0.15, -0.1) is 0 Å². The van der Waals surface area contributed by atoms with E-state index < -0.39 is 12.1 Å². The Bertz CT molecular complexity index is 464. The lowest BCUT2D eigenvalue weighted by atomic mass is 10.3. The van der Waals surface area contributed by atoms with Crippen LogP contribution in [0.3, 0.4) is 0 Å². The first-order valence-corrected chi connectivity index (χ1v) is 7.17. The van der Waals surface area contributed by atoms with Crippen molar-refractivity contribution in [3.05, 3.63) is 28.7 Å². The highest BCUT2D eigenvalue weighted by atomic mass is 79.9. The van der Waals surface area contributed by atoms with Crippen molar-refractivity contribution in [1.82, 2.24) is 5.32 Å². The molecular weight excluding hydrogens is 326 g/mol. The van der Waals surface area contributed by atoms with Crippen molar-refractivity contribution in [3.63, 3.8) is 0 Å². The van der Waals surface area contributed by atoms with E-state index in [0.717, 1.165) is 4.47 Å². The van der Waals surface area contributed by atoms with Gasteiger partial charge in [-0.25, -0.2) is 0 Å². The van der Waals surface area contributed by atoms with Gasteiger partial charge in [0.15, 0.2) is 6.10 Å². The molecule has 0 saturated carbocycles. The minimum Gasteiger partial charge on any atom is -0.493 e. The van der Waals surface area contributed by atoms with Crippen molar-refractivity contribution < 1.29 is 19.1 Å². The SMILES string of the molecule is CCNC(=O)[C@@H](C)OC(=O)CCOc1cccc(Br)c1. The Morgan fingerprint density at radius 2 is 2.15 bits per heavy atom. The standard InChI is InChI=1S/C14H18BrNO4/c1-3-16-14(18)10(2)20-13(17)7-8-19-12-6-4-5-11(15)9-12/h4-6,9-10H,3,7-8H2,1-2H3,(H,16,18)/t10-/m1/s1. The molecule has 1 amide bonds. The predicted octanol–water partition coefficient (Wildman–Crippen LogP) is 2.29. The Labute approximate surface area is 126 Å². The molecule has 0 aliphatic rings. The van der Waals surface area contributed by atoms with Crippen LogP contribution in [0.25, 0.3) is 0 Å². The van der Waals surface area contributed by atoms with Gasteiger partial charge in [0.05, 0.1) is 13.0 Å². The zero-order valence-electron chi connectivity index (χ0n) is 11.5. The third kappa shape index (κ3) is 6.06. The van der Waals surface area contributed by atoms with Crippen LogP contribution in [0.4, 0.5) is 0 Å². The molecule has 0 bridgehead atoms. The Kier molecular flexibility index (Phi) is 7.08. The second kappa shape index (κ2) is 8.58. The molecule has 0 aliphatic heterocycles. The molecule has 0 spiro atoms. The highest BCUT2D eigenvalue weighted by Crippen LogP contribution is 2.17. The number of ether oxygens (including phenoxy) is 2. The first kappa shape index (κ1) is 16.5. The Hall–Kier alpha value is -1.56. The lowest BCUT2D eigenvalue weighted by Crippen LogP contribution is -2.35. The van der Waals surface area contributed by atoms with E-state index >= 15 is 0 Å². The fourth-order valence-electron chi connectivity index (χ4n) is 1.44. The zero-order valence-corrected chi connectivity index (χ0v) is 13.1. The van der Waals surface area contributed by atoms with Gasteiger partial charge in [0.25, 0.3) is 5.91 Å². The summed E-state index contributed by atoms with van der Waals surface area (Å²) in [6, 6.07) is 7.33. The average molecular weight is 344 g/mol. The second-order valence-corrected chi connectivity index (χ2v) is 5.00. The number of hydrogen-bond donors (Lipinski definition) is 1. The van der Waals surface area contributed by atoms with E-state index in [-0.39, 0.29) is 18.9 Å². The summed E-state index contributed by atoms with van der Waals surface area (Å²) in [5, 5.41) is 2.59. The van der Waals surface area contributed by atoms with E-state index in [0.29, 0.717) is 12.3 Å². The number of amides is 1. The number of nitrogens with one attached hydrogen (secondary N) is 1. The highest BCUT2D eigenvalue weighted by molar-refractivity contribution is 9.10. The van der Waals surface area contributed by atoms with Gasteiger partial charge >= 0.3 is 5.97 Å². The molecule has 0 heterocycles. The second-order valence-electron chi connectivity index (χ2n) is 4.08. The molecule has 0 fully saturated rings. The van der Waals surface area contributed by atoms with Gasteiger partial charge in [0, 0.05) is 11.0 Å². The summed E-state index contributed by atoms with van der Waals surface area (Å²) in [6.45, 7) is 4.06. The third-order valence-electron chi connectivity index (χ3n) is 2.40. The topological polar surface area (TPSA) is 64.6 Å². The Balaban J connectivity index is 2.28. The van der Waals surface area contributed by atoms with Crippen molar-refractivity contribution in [2.24, 2.45) is 0 Å². The van der Waals surface area contributed by atoms with Crippen LogP contribution in [0.1, 0.15) is 20.3 Å². The lowest BCUT2D eigenvalue weighted by molar-refractivity contribution is -0.155. The molecule has 1 aromatic rings. The predicted molar refractivity (Wildman–Crippen MR) is 78.5 cm³/mol. The summed E-state index contributed by atoms with van der Waals surface area (Å²) in [5.74, 6) is -0.0866. The number of halogens is 1. The molecule has 0 aliphatic carbocycles. The number of benzene rings is 1. The zero-order chi connectivity index (χ0) is 15.0. The van der Waals surface area contributed by atoms with Gasteiger partial charge in [-0.1, -0.05) is 22.0 Å². The van der Waals surface area contributed by atoms with Gasteiger partial charge in [-0.2, -0.15) is 0 Å². The Morgan fingerprint density at radius 1 is 1.40 bits per heavy atom. The van der Waals surface area contributed by atoms with Crippen LogP contribution < -0.4 is 10.1 Å². The highest BCUT2D eigenvalue weighted by Gasteiger charge is 2.16. The first-order valence-electron chi connectivity index (χ1n) is 6.38. The molecule has 20 heavy (non-hydrogen) atoms. The Morgan fingerprint density at radius 3 is 2.80 bits per heavy atom. The molecular formula is C14H18BrNO4. The molecule has 1 N–H and O–H groups in total. The smallest absolute Gasteiger partial charge is 0.310 e. The molecule has 0 saturated heterocycles. The number of hydrogen-bond acceptors (Lipinski definition) is 4. The van der Waals surface area contributed by atoms with E-state index in [1.54, 1.807) is 13.0 Å². The molecule has 1 aromatic carbocycles. The monoisotopic (exact) mass is 343 g/mol. The van der Waals surface area contributed by atoms with E-state index in [4.69, 9.17) is 9.47 Å². The maximum Gasteiger partial charge on any atom is 0.310 e. The summed E-state index contributed by atoms with van der Waals surface area (Å²) < 4.78 is 11.3. The number of esters is 1. The number of rotatable bonds is 7. The number of likely N-dealkylation sites (N-methyl/N-ethyl adjacent to an activating group) is 1. The molecule has 5 nitrogen and oxygen atoms in total. The van der Waals surface area contributed by atoms with E-state index in [1.807, 2.05) is 18.2 Å². The molecule has 6 heteroatoms. The molecule has 1 rings (SSSR count). The molecule has 0 aromatic heterocycles. The third-order valence-corrected chi connectivity index (χ3v) is 2.89. The summed E-state index contributed by atoms with van der Waals surface area (Å²) in [4.78, 5) is 22.9. The minimum atomic E-state index is -0.784. The van der Waals surface area contributed by atoms with Crippen molar-refractivity contribution in [1.29, 1.82) is 0 Å². The normalized spacial score (nSPS) is 11.6. The van der Waals surface area contributed by atoms with Crippen LogP contribution in [-0.2, 0) is 14.3 Å². The maximum absolute atomic E-state index is 11.5. The summed E-state index contributed by atoms with van der Waals surface area (Å²) in [7, 11) is 0. The lowest BCUT2D eigenvalue weighted by Gasteiger charge is -2.12. The molecule has 0 unspecified atom stereocenters. The molecule has 0 radical (unpaired) electrons. The van der Waals surface area contributed by atoms with Gasteiger partial charge in [0.2, 0.25) is 0 Å². The minimum absolute atomic E-state index is 0.0935. The summed E-state index contributed by atoms with van der Waals surface area (Å²) in [6.07, 6.45) is -0.690.